The summed E-state index contributed by atoms with van der Waals surface area (Å²) in [5, 5.41) is 8.45. The van der Waals surface area contributed by atoms with Gasteiger partial charge in [0.2, 0.25) is 0 Å². The smallest absolute Gasteiger partial charge is 0.140 e. The molecule has 0 aliphatic rings. The molecule has 0 aromatic carbocycles. The molecule has 1 aromatic heterocycles. The second-order valence-corrected chi connectivity index (χ2v) is 2.24. The molecule has 0 aliphatic carbocycles. The lowest BCUT2D eigenvalue weighted by atomic mass is 10.2. The van der Waals surface area contributed by atoms with Crippen molar-refractivity contribution in [3.05, 3.63) is 29.6 Å². The highest BCUT2D eigenvalue weighted by Gasteiger charge is 2.03. The van der Waals surface area contributed by atoms with Crippen LogP contribution >= 0.6 is 0 Å². The van der Waals surface area contributed by atoms with Crippen LogP contribution in [0, 0.1) is 11.3 Å². The molecule has 0 amide bonds. The van der Waals surface area contributed by atoms with Gasteiger partial charge in [-0.2, -0.15) is 5.26 Å². The Balaban J connectivity index is 2.86. The van der Waals surface area contributed by atoms with Crippen LogP contribution in [0.15, 0.2) is 18.3 Å². The van der Waals surface area contributed by atoms with E-state index < -0.39 is 6.23 Å². The second kappa shape index (κ2) is 3.81. The third-order valence-corrected chi connectivity index (χ3v) is 1.48. The van der Waals surface area contributed by atoms with Gasteiger partial charge in [0.1, 0.15) is 18.0 Å². The lowest BCUT2D eigenvalue weighted by Crippen LogP contribution is -2.12. The van der Waals surface area contributed by atoms with Crippen LogP contribution in [0.25, 0.3) is 0 Å². The first-order valence-corrected chi connectivity index (χ1v) is 3.42. The predicted molar refractivity (Wildman–Crippen MR) is 42.9 cm³/mol. The molecule has 2 N–H and O–H groups in total. The Morgan fingerprint density at radius 2 is 2.42 bits per heavy atom. The fourth-order valence-corrected chi connectivity index (χ4v) is 0.776. The molecule has 1 atom stereocenters. The Hall–Kier alpha value is -1.44. The van der Waals surface area contributed by atoms with Gasteiger partial charge in [-0.15, -0.1) is 0 Å². The molecule has 1 rings (SSSR count). The maximum absolute atomic E-state index is 8.45. The van der Waals surface area contributed by atoms with Crippen molar-refractivity contribution >= 4 is 0 Å². The van der Waals surface area contributed by atoms with Gasteiger partial charge in [0.05, 0.1) is 0 Å². The monoisotopic (exact) mass is 163 g/mol. The van der Waals surface area contributed by atoms with E-state index in [1.165, 1.54) is 13.3 Å². The normalized spacial score (nSPS) is 12.1. The summed E-state index contributed by atoms with van der Waals surface area (Å²) in [5.41, 5.74) is 6.68. The Bertz CT molecular complexity index is 288. The highest BCUT2D eigenvalue weighted by molar-refractivity contribution is 5.23. The van der Waals surface area contributed by atoms with Gasteiger partial charge < -0.3 is 10.5 Å². The van der Waals surface area contributed by atoms with Crippen LogP contribution < -0.4 is 5.73 Å². The summed E-state index contributed by atoms with van der Waals surface area (Å²) >= 11 is 0. The zero-order valence-corrected chi connectivity index (χ0v) is 6.69. The van der Waals surface area contributed by atoms with Crippen molar-refractivity contribution in [2.45, 2.75) is 6.23 Å². The number of nitrogens with two attached hydrogens (primary N) is 1. The van der Waals surface area contributed by atoms with Gasteiger partial charge in [0, 0.05) is 18.9 Å². The lowest BCUT2D eigenvalue weighted by molar-refractivity contribution is 0.109. The van der Waals surface area contributed by atoms with Crippen molar-refractivity contribution in [3.63, 3.8) is 0 Å². The third-order valence-electron chi connectivity index (χ3n) is 1.48. The van der Waals surface area contributed by atoms with Crippen LogP contribution in [0.1, 0.15) is 17.5 Å². The molecule has 0 radical (unpaired) electrons. The number of hydrogen-bond donors (Lipinski definition) is 1. The number of nitriles is 1. The number of methoxy groups -OCH3 is 1. The number of aromatic nitrogens is 1. The van der Waals surface area contributed by atoms with Gasteiger partial charge in [-0.25, -0.2) is 4.98 Å². The molecule has 0 spiro atoms. The van der Waals surface area contributed by atoms with E-state index in [1.54, 1.807) is 12.1 Å². The van der Waals surface area contributed by atoms with Gasteiger partial charge in [-0.3, -0.25) is 0 Å². The molecule has 0 saturated carbocycles. The molecule has 4 nitrogen and oxygen atoms in total. The molecule has 62 valence electrons. The highest BCUT2D eigenvalue weighted by atomic mass is 16.5. The van der Waals surface area contributed by atoms with E-state index in [1.807, 2.05) is 6.07 Å². The number of pyridine rings is 1. The maximum Gasteiger partial charge on any atom is 0.140 e. The summed E-state index contributed by atoms with van der Waals surface area (Å²) in [6.07, 6.45) is 1.07. The molecule has 4 heteroatoms. The highest BCUT2D eigenvalue weighted by Crippen LogP contribution is 2.08. The maximum atomic E-state index is 8.45. The minimum absolute atomic E-state index is 0.377. The zero-order chi connectivity index (χ0) is 8.97. The van der Waals surface area contributed by atoms with Crippen molar-refractivity contribution in [2.24, 2.45) is 5.73 Å². The van der Waals surface area contributed by atoms with E-state index in [4.69, 9.17) is 15.7 Å². The summed E-state index contributed by atoms with van der Waals surface area (Å²) in [7, 11) is 1.52. The largest absolute Gasteiger partial charge is 0.362 e. The predicted octanol–water partition coefficient (Wildman–Crippen LogP) is 0.557. The van der Waals surface area contributed by atoms with E-state index in [-0.39, 0.29) is 0 Å². The van der Waals surface area contributed by atoms with E-state index in [0.717, 1.165) is 5.56 Å². The summed E-state index contributed by atoms with van der Waals surface area (Å²) in [4.78, 5) is 3.85. The Morgan fingerprint density at radius 1 is 1.67 bits per heavy atom. The molecule has 1 aromatic rings. The fraction of sp³-hybridized carbons (Fsp3) is 0.250. The lowest BCUT2D eigenvalue weighted by Gasteiger charge is -2.07. The first-order valence-electron chi connectivity index (χ1n) is 3.42. The van der Waals surface area contributed by atoms with Crippen molar-refractivity contribution < 1.29 is 4.74 Å². The molecule has 0 aliphatic heterocycles. The summed E-state index contributed by atoms with van der Waals surface area (Å²) in [6.45, 7) is 0. The average Bonchev–Trinajstić information content (AvgIpc) is 2.17. The molecule has 0 saturated heterocycles. The summed E-state index contributed by atoms with van der Waals surface area (Å²) in [5.74, 6) is 0. The number of ether oxygens (including phenoxy) is 1. The van der Waals surface area contributed by atoms with Crippen molar-refractivity contribution in [2.75, 3.05) is 7.11 Å². The zero-order valence-electron chi connectivity index (χ0n) is 6.69. The Morgan fingerprint density at radius 3 is 2.83 bits per heavy atom. The number of hydrogen-bond acceptors (Lipinski definition) is 4. The van der Waals surface area contributed by atoms with Gasteiger partial charge in [0.25, 0.3) is 0 Å². The minimum Gasteiger partial charge on any atom is -0.362 e. The molecular formula is C8H9N3O. The van der Waals surface area contributed by atoms with Crippen molar-refractivity contribution in [1.82, 2.24) is 4.98 Å². The molecule has 1 unspecified atom stereocenters. The molecule has 12 heavy (non-hydrogen) atoms. The van der Waals surface area contributed by atoms with Crippen LogP contribution in [-0.4, -0.2) is 12.1 Å². The summed E-state index contributed by atoms with van der Waals surface area (Å²) < 4.78 is 4.86. The van der Waals surface area contributed by atoms with Gasteiger partial charge in [-0.05, 0) is 6.07 Å². The van der Waals surface area contributed by atoms with Gasteiger partial charge >= 0.3 is 0 Å². The second-order valence-electron chi connectivity index (χ2n) is 2.24. The molecule has 1 heterocycles. The van der Waals surface area contributed by atoms with E-state index in [9.17, 15) is 0 Å². The van der Waals surface area contributed by atoms with E-state index in [2.05, 4.69) is 4.98 Å². The van der Waals surface area contributed by atoms with E-state index in [0.29, 0.717) is 5.69 Å². The van der Waals surface area contributed by atoms with Crippen molar-refractivity contribution in [1.29, 1.82) is 5.26 Å². The Labute approximate surface area is 70.6 Å². The van der Waals surface area contributed by atoms with Crippen LogP contribution in [0.4, 0.5) is 0 Å². The van der Waals surface area contributed by atoms with Gasteiger partial charge in [0.15, 0.2) is 0 Å². The number of rotatable bonds is 2. The third kappa shape index (κ3) is 1.78. The molecule has 0 fully saturated rings. The standard InChI is InChI=1S/C8H9N3O/c1-12-8(10)6-2-3-7(4-9)11-5-6/h2-3,5,8H,10H2,1H3. The topological polar surface area (TPSA) is 71.9 Å². The van der Waals surface area contributed by atoms with E-state index >= 15 is 0 Å². The molecular weight excluding hydrogens is 154 g/mol. The minimum atomic E-state index is -0.467. The van der Waals surface area contributed by atoms with Crippen LogP contribution in [-0.2, 0) is 4.74 Å². The first-order chi connectivity index (χ1) is 5.77. The average molecular weight is 163 g/mol. The summed E-state index contributed by atoms with van der Waals surface area (Å²) in [6, 6.07) is 5.25. The number of nitrogens with zero attached hydrogens (tertiary/aromatic N) is 2. The van der Waals surface area contributed by atoms with Crippen LogP contribution in [0.3, 0.4) is 0 Å². The fourth-order valence-electron chi connectivity index (χ4n) is 0.776. The van der Waals surface area contributed by atoms with Crippen molar-refractivity contribution in [3.8, 4) is 6.07 Å². The van der Waals surface area contributed by atoms with Crippen LogP contribution in [0.5, 0.6) is 0 Å². The molecule has 0 bridgehead atoms. The first kappa shape index (κ1) is 8.65. The Kier molecular flexibility index (Phi) is 2.75. The van der Waals surface area contributed by atoms with Crippen LogP contribution in [0.2, 0.25) is 0 Å². The van der Waals surface area contributed by atoms with Gasteiger partial charge in [-0.1, -0.05) is 6.07 Å². The SMILES string of the molecule is COC(N)c1ccc(C#N)nc1. The quantitative estimate of drug-likeness (QED) is 0.646.